The van der Waals surface area contributed by atoms with E-state index in [2.05, 4.69) is 0 Å². The first-order chi connectivity index (χ1) is 12.5. The molecular formula is C19H22N2O4S. The number of likely N-dealkylation sites (N-methyl/N-ethyl adjacent to an activating group) is 1. The summed E-state index contributed by atoms with van der Waals surface area (Å²) in [6.45, 7) is 1.02. The van der Waals surface area contributed by atoms with E-state index in [1.54, 1.807) is 19.2 Å². The first-order valence-corrected chi connectivity index (χ1v) is 9.97. The fourth-order valence-electron chi connectivity index (χ4n) is 2.82. The van der Waals surface area contributed by atoms with Crippen LogP contribution in [0.15, 0.2) is 59.5 Å². The van der Waals surface area contributed by atoms with E-state index in [9.17, 15) is 13.2 Å². The second-order valence-electron chi connectivity index (χ2n) is 6.16. The Bertz CT molecular complexity index is 845. The normalized spacial score (nSPS) is 15.0. The number of hydrogen-bond acceptors (Lipinski definition) is 4. The molecule has 1 saturated heterocycles. The number of amides is 1. The average molecular weight is 374 g/mol. The van der Waals surface area contributed by atoms with Gasteiger partial charge in [0.2, 0.25) is 10.0 Å². The summed E-state index contributed by atoms with van der Waals surface area (Å²) >= 11 is 0. The van der Waals surface area contributed by atoms with Crippen LogP contribution in [0.3, 0.4) is 0 Å². The van der Waals surface area contributed by atoms with Crippen molar-refractivity contribution >= 4 is 21.6 Å². The lowest BCUT2D eigenvalue weighted by atomic mass is 10.3. The van der Waals surface area contributed by atoms with Gasteiger partial charge in [-0.25, -0.2) is 8.42 Å². The summed E-state index contributed by atoms with van der Waals surface area (Å²) in [4.78, 5) is 14.0. The van der Waals surface area contributed by atoms with Crippen molar-refractivity contribution in [1.29, 1.82) is 0 Å². The molecule has 0 radical (unpaired) electrons. The van der Waals surface area contributed by atoms with Gasteiger partial charge < -0.3 is 9.64 Å². The summed E-state index contributed by atoms with van der Waals surface area (Å²) < 4.78 is 32.0. The Morgan fingerprint density at radius 2 is 1.65 bits per heavy atom. The summed E-state index contributed by atoms with van der Waals surface area (Å²) in [6, 6.07) is 15.5. The molecule has 2 aromatic carbocycles. The summed E-state index contributed by atoms with van der Waals surface area (Å²) in [5.41, 5.74) is 0.785. The average Bonchev–Trinajstić information content (AvgIpc) is 3.22. The molecule has 0 aliphatic carbocycles. The highest BCUT2D eigenvalue weighted by atomic mass is 32.2. The van der Waals surface area contributed by atoms with E-state index in [1.165, 1.54) is 21.3 Å². The Balaban J connectivity index is 1.60. The number of rotatable bonds is 6. The first-order valence-electron chi connectivity index (χ1n) is 8.53. The van der Waals surface area contributed by atoms with Gasteiger partial charge in [0.25, 0.3) is 5.91 Å². The molecule has 26 heavy (non-hydrogen) atoms. The molecule has 1 heterocycles. The second kappa shape index (κ2) is 7.88. The molecule has 0 unspecified atom stereocenters. The summed E-state index contributed by atoms with van der Waals surface area (Å²) in [6.07, 6.45) is 1.80. The van der Waals surface area contributed by atoms with Gasteiger partial charge in [-0.2, -0.15) is 4.31 Å². The number of ether oxygens (including phenoxy) is 1. The highest BCUT2D eigenvalue weighted by Crippen LogP contribution is 2.23. The summed E-state index contributed by atoms with van der Waals surface area (Å²) in [5.74, 6) is 0.269. The van der Waals surface area contributed by atoms with Crippen LogP contribution in [0.5, 0.6) is 5.75 Å². The lowest BCUT2D eigenvalue weighted by Crippen LogP contribution is -2.31. The van der Waals surface area contributed by atoms with Crippen molar-refractivity contribution in [3.05, 3.63) is 54.6 Å². The van der Waals surface area contributed by atoms with Crippen LogP contribution in [0.2, 0.25) is 0 Å². The minimum Gasteiger partial charge on any atom is -0.484 e. The minimum absolute atomic E-state index is 0.121. The Labute approximate surface area is 154 Å². The molecule has 2 aromatic rings. The number of carbonyl (C=O) groups excluding carboxylic acids is 1. The number of anilines is 1. The van der Waals surface area contributed by atoms with Gasteiger partial charge in [0.1, 0.15) is 5.75 Å². The molecule has 0 N–H and O–H groups in total. The smallest absolute Gasteiger partial charge is 0.264 e. The van der Waals surface area contributed by atoms with Gasteiger partial charge in [-0.3, -0.25) is 4.79 Å². The van der Waals surface area contributed by atoms with E-state index in [1.807, 2.05) is 30.3 Å². The largest absolute Gasteiger partial charge is 0.484 e. The lowest BCUT2D eigenvalue weighted by Gasteiger charge is -2.18. The molecule has 1 aliphatic heterocycles. The van der Waals surface area contributed by atoms with E-state index in [0.29, 0.717) is 18.8 Å². The van der Waals surface area contributed by atoms with Crippen molar-refractivity contribution in [2.75, 3.05) is 31.6 Å². The molecule has 1 amide bonds. The van der Waals surface area contributed by atoms with Crippen LogP contribution >= 0.6 is 0 Å². The Hall–Kier alpha value is -2.38. The van der Waals surface area contributed by atoms with Crippen LogP contribution < -0.4 is 9.64 Å². The van der Waals surface area contributed by atoms with E-state index in [-0.39, 0.29) is 17.4 Å². The van der Waals surface area contributed by atoms with Crippen molar-refractivity contribution in [2.24, 2.45) is 0 Å². The maximum Gasteiger partial charge on any atom is 0.264 e. The molecule has 1 fully saturated rings. The van der Waals surface area contributed by atoms with Crippen molar-refractivity contribution in [3.63, 3.8) is 0 Å². The van der Waals surface area contributed by atoms with Crippen molar-refractivity contribution in [1.82, 2.24) is 4.31 Å². The zero-order valence-electron chi connectivity index (χ0n) is 14.7. The predicted molar refractivity (Wildman–Crippen MR) is 99.8 cm³/mol. The highest BCUT2D eigenvalue weighted by molar-refractivity contribution is 7.89. The van der Waals surface area contributed by atoms with Gasteiger partial charge >= 0.3 is 0 Å². The maximum atomic E-state index is 12.5. The van der Waals surface area contributed by atoms with Crippen LogP contribution in [-0.2, 0) is 14.8 Å². The maximum absolute atomic E-state index is 12.5. The predicted octanol–water partition coefficient (Wildman–Crippen LogP) is 2.51. The molecule has 1 aliphatic rings. The molecule has 3 rings (SSSR count). The number of hydrogen-bond donors (Lipinski definition) is 0. The van der Waals surface area contributed by atoms with Crippen LogP contribution in [0, 0.1) is 0 Å². The summed E-state index contributed by atoms with van der Waals surface area (Å²) in [7, 11) is -1.75. The van der Waals surface area contributed by atoms with Gasteiger partial charge in [0.05, 0.1) is 4.90 Å². The standard InChI is InChI=1S/C19H22N2O4S/c1-20(16-7-3-2-4-8-16)19(22)15-25-17-9-11-18(12-10-17)26(23,24)21-13-5-6-14-21/h2-4,7-12H,5-6,13-15H2,1H3. The minimum atomic E-state index is -3.43. The lowest BCUT2D eigenvalue weighted by molar-refractivity contribution is -0.120. The summed E-state index contributed by atoms with van der Waals surface area (Å²) in [5, 5.41) is 0. The van der Waals surface area contributed by atoms with Gasteiger partial charge in [-0.1, -0.05) is 18.2 Å². The number of para-hydroxylation sites is 1. The topological polar surface area (TPSA) is 66.9 Å². The molecule has 0 bridgehead atoms. The number of sulfonamides is 1. The van der Waals surface area contributed by atoms with Crippen molar-refractivity contribution in [2.45, 2.75) is 17.7 Å². The second-order valence-corrected chi connectivity index (χ2v) is 8.10. The Morgan fingerprint density at radius 1 is 1.04 bits per heavy atom. The fourth-order valence-corrected chi connectivity index (χ4v) is 4.34. The van der Waals surface area contributed by atoms with Crippen molar-refractivity contribution in [3.8, 4) is 5.75 Å². The van der Waals surface area contributed by atoms with E-state index >= 15 is 0 Å². The Kier molecular flexibility index (Phi) is 5.58. The highest BCUT2D eigenvalue weighted by Gasteiger charge is 2.27. The molecule has 6 nitrogen and oxygen atoms in total. The third kappa shape index (κ3) is 4.05. The van der Waals surface area contributed by atoms with Gasteiger partial charge in [-0.15, -0.1) is 0 Å². The molecule has 0 spiro atoms. The number of carbonyl (C=O) groups is 1. The van der Waals surface area contributed by atoms with Gasteiger partial charge in [0.15, 0.2) is 6.61 Å². The fraction of sp³-hybridized carbons (Fsp3) is 0.316. The molecular weight excluding hydrogens is 352 g/mol. The number of benzene rings is 2. The Morgan fingerprint density at radius 3 is 2.27 bits per heavy atom. The van der Waals surface area contributed by atoms with Crippen LogP contribution in [-0.4, -0.2) is 45.4 Å². The van der Waals surface area contributed by atoms with Crippen LogP contribution in [0.25, 0.3) is 0 Å². The van der Waals surface area contributed by atoms with Gasteiger partial charge in [-0.05, 0) is 49.2 Å². The molecule has 138 valence electrons. The van der Waals surface area contributed by atoms with Crippen molar-refractivity contribution < 1.29 is 17.9 Å². The van der Waals surface area contributed by atoms with Crippen LogP contribution in [0.4, 0.5) is 5.69 Å². The third-order valence-corrected chi connectivity index (χ3v) is 6.32. The number of nitrogens with zero attached hydrogens (tertiary/aromatic N) is 2. The zero-order valence-corrected chi connectivity index (χ0v) is 15.5. The van der Waals surface area contributed by atoms with Gasteiger partial charge in [0, 0.05) is 25.8 Å². The molecule has 7 heteroatoms. The first kappa shape index (κ1) is 18.4. The molecule has 0 atom stereocenters. The van der Waals surface area contributed by atoms with E-state index in [4.69, 9.17) is 4.74 Å². The van der Waals surface area contributed by atoms with Crippen LogP contribution in [0.1, 0.15) is 12.8 Å². The monoisotopic (exact) mass is 374 g/mol. The quantitative estimate of drug-likeness (QED) is 0.779. The third-order valence-electron chi connectivity index (χ3n) is 4.41. The van der Waals surface area contributed by atoms with E-state index in [0.717, 1.165) is 18.5 Å². The molecule has 0 saturated carbocycles. The molecule has 0 aromatic heterocycles. The SMILES string of the molecule is CN(C(=O)COc1ccc(S(=O)(=O)N2CCCC2)cc1)c1ccccc1. The van der Waals surface area contributed by atoms with E-state index < -0.39 is 10.0 Å². The zero-order chi connectivity index (χ0) is 18.6.